The molecule has 0 radical (unpaired) electrons. The van der Waals surface area contributed by atoms with Gasteiger partial charge in [0.1, 0.15) is 42.4 Å². The van der Waals surface area contributed by atoms with Crippen LogP contribution in [0.2, 0.25) is 0 Å². The minimum Gasteiger partial charge on any atom is -0.477 e. The zero-order valence-corrected chi connectivity index (χ0v) is 28.4. The third-order valence-electron chi connectivity index (χ3n) is 7.83. The van der Waals surface area contributed by atoms with Crippen molar-refractivity contribution in [1.82, 2.24) is 14.9 Å². The van der Waals surface area contributed by atoms with Crippen molar-refractivity contribution in [3.63, 3.8) is 0 Å². The molecule has 51 heavy (non-hydrogen) atoms. The van der Waals surface area contributed by atoms with Crippen LogP contribution in [0.1, 0.15) is 25.1 Å². The number of phosphoric acid groups is 1. The molecule has 22 nitrogen and oxygen atoms in total. The van der Waals surface area contributed by atoms with E-state index in [2.05, 4.69) is 10.3 Å². The predicted octanol–water partition coefficient (Wildman–Crippen LogP) is -3.55. The average Bonchev–Trinajstić information content (AvgIpc) is 3.32. The van der Waals surface area contributed by atoms with Gasteiger partial charge in [-0.3, -0.25) is 18.1 Å². The van der Waals surface area contributed by atoms with Crippen LogP contribution in [0.15, 0.2) is 46.2 Å². The van der Waals surface area contributed by atoms with Crippen molar-refractivity contribution in [1.29, 1.82) is 0 Å². The number of hydrogen-bond acceptors (Lipinski definition) is 18. The molecule has 1 amide bonds. The fourth-order valence-corrected chi connectivity index (χ4v) is 7.12. The van der Waals surface area contributed by atoms with E-state index >= 15 is 0 Å². The summed E-state index contributed by atoms with van der Waals surface area (Å²) < 4.78 is 64.3. The highest BCUT2D eigenvalue weighted by molar-refractivity contribution is 7.86. The number of aliphatic carboxylic acids is 1. The zero-order chi connectivity index (χ0) is 38.1. The first-order valence-corrected chi connectivity index (χ1v) is 17.8. The molecule has 4 unspecified atom stereocenters. The van der Waals surface area contributed by atoms with Crippen molar-refractivity contribution in [2.45, 2.75) is 85.9 Å². The Morgan fingerprint density at radius 1 is 1.18 bits per heavy atom. The van der Waals surface area contributed by atoms with Gasteiger partial charge in [0.2, 0.25) is 5.91 Å². The van der Waals surface area contributed by atoms with Crippen molar-refractivity contribution >= 4 is 35.6 Å². The van der Waals surface area contributed by atoms with Gasteiger partial charge in [-0.25, -0.2) is 18.7 Å². The smallest absolute Gasteiger partial charge is 0.475 e. The summed E-state index contributed by atoms with van der Waals surface area (Å²) in [5.74, 6) is -6.48. The summed E-state index contributed by atoms with van der Waals surface area (Å²) in [6.45, 7) is 0.475. The van der Waals surface area contributed by atoms with Crippen LogP contribution >= 0.6 is 7.82 Å². The molecule has 10 N–H and O–H groups in total. The molecule has 11 atom stereocenters. The minimum absolute atomic E-state index is 0.156. The summed E-state index contributed by atoms with van der Waals surface area (Å²) in [6, 6.07) is 4.85. The molecular formula is C27H37N4O18PS. The van der Waals surface area contributed by atoms with E-state index in [9.17, 15) is 62.9 Å². The molecule has 1 aromatic carbocycles. The number of carbonyl (C=O) groups is 2. The first-order chi connectivity index (χ1) is 23.7. The fraction of sp³-hybridized carbons (Fsp3) is 0.556. The molecule has 3 heterocycles. The number of phosphoric ester groups is 1. The number of aromatic nitrogens is 2. The molecular weight excluding hydrogens is 731 g/mol. The number of nitrogen functional groups attached to an aromatic ring is 1. The quantitative estimate of drug-likeness (QED) is 0.0663. The SMILES string of the molecule is CC(=O)N[C@H]1C([C@H](O)[C@H](O)COS(=O)(=O)c2ccc(C)cc2)O[C@](OP(=O)(O)OCC2OC(n3ccc(N)nc3=O)[C@H](O)[C@@H]2O)(C(=O)O)C[C@H]1O. The summed E-state index contributed by atoms with van der Waals surface area (Å²) in [5.41, 5.74) is 5.19. The maximum Gasteiger partial charge on any atom is 0.475 e. The second-order valence-electron chi connectivity index (χ2n) is 11.7. The summed E-state index contributed by atoms with van der Waals surface area (Å²) in [5, 5.41) is 65.7. The van der Waals surface area contributed by atoms with Crippen LogP contribution < -0.4 is 16.7 Å². The highest BCUT2D eigenvalue weighted by atomic mass is 32.2. The second-order valence-corrected chi connectivity index (χ2v) is 14.7. The number of rotatable bonds is 14. The number of nitrogens with one attached hydrogen (secondary N) is 1. The van der Waals surface area contributed by atoms with Gasteiger partial charge in [-0.15, -0.1) is 0 Å². The monoisotopic (exact) mass is 768 g/mol. The third-order valence-corrected chi connectivity index (χ3v) is 10.1. The molecule has 1 aromatic heterocycles. The number of carbonyl (C=O) groups excluding carboxylic acids is 1. The normalized spacial score (nSPS) is 30.6. The van der Waals surface area contributed by atoms with E-state index in [1.807, 2.05) is 0 Å². The molecule has 284 valence electrons. The second kappa shape index (κ2) is 15.7. The lowest BCUT2D eigenvalue weighted by atomic mass is 9.88. The molecule has 2 fully saturated rings. The summed E-state index contributed by atoms with van der Waals surface area (Å²) >= 11 is 0. The molecule has 2 aliphatic heterocycles. The van der Waals surface area contributed by atoms with Crippen molar-refractivity contribution in [3.05, 3.63) is 52.6 Å². The van der Waals surface area contributed by atoms with Crippen molar-refractivity contribution in [3.8, 4) is 0 Å². The van der Waals surface area contributed by atoms with Gasteiger partial charge >= 0.3 is 19.5 Å². The number of carboxylic acid groups (broad SMARTS) is 1. The van der Waals surface area contributed by atoms with E-state index in [1.54, 1.807) is 6.92 Å². The molecule has 0 bridgehead atoms. The third kappa shape index (κ3) is 9.34. The number of aliphatic hydroxyl groups excluding tert-OH is 5. The molecule has 24 heteroatoms. The van der Waals surface area contributed by atoms with Crippen molar-refractivity contribution in [2.24, 2.45) is 0 Å². The largest absolute Gasteiger partial charge is 0.477 e. The number of nitrogens with two attached hydrogens (primary N) is 1. The predicted molar refractivity (Wildman–Crippen MR) is 165 cm³/mol. The molecule has 0 aliphatic carbocycles. The maximum atomic E-state index is 13.1. The van der Waals surface area contributed by atoms with Crippen LogP contribution in [0.5, 0.6) is 0 Å². The fourth-order valence-electron chi connectivity index (χ4n) is 5.24. The topological polar surface area (TPSA) is 346 Å². The number of aliphatic hydroxyl groups is 5. The van der Waals surface area contributed by atoms with Gasteiger partial charge in [-0.05, 0) is 25.1 Å². The van der Waals surface area contributed by atoms with Gasteiger partial charge in [-0.1, -0.05) is 17.7 Å². The minimum atomic E-state index is -5.64. The number of hydrogen-bond donors (Lipinski definition) is 9. The molecule has 2 aliphatic rings. The van der Waals surface area contributed by atoms with E-state index in [4.69, 9.17) is 28.4 Å². The van der Waals surface area contributed by atoms with E-state index < -0.39 is 116 Å². The Bertz CT molecular complexity index is 1800. The Morgan fingerprint density at radius 2 is 1.82 bits per heavy atom. The van der Waals surface area contributed by atoms with Crippen LogP contribution in [0.4, 0.5) is 5.82 Å². The zero-order valence-electron chi connectivity index (χ0n) is 26.7. The lowest BCUT2D eigenvalue weighted by Crippen LogP contribution is -2.67. The Kier molecular flexibility index (Phi) is 12.4. The lowest BCUT2D eigenvalue weighted by molar-refractivity contribution is -0.288. The highest BCUT2D eigenvalue weighted by Crippen LogP contribution is 2.51. The Labute approximate surface area is 288 Å². The number of nitrogens with zero attached hydrogens (tertiary/aromatic N) is 2. The van der Waals surface area contributed by atoms with Gasteiger partial charge in [-0.2, -0.15) is 13.4 Å². The van der Waals surface area contributed by atoms with Crippen LogP contribution in [0.25, 0.3) is 0 Å². The van der Waals surface area contributed by atoms with Crippen LogP contribution in [0.3, 0.4) is 0 Å². The summed E-state index contributed by atoms with van der Waals surface area (Å²) in [7, 11) is -10.1. The van der Waals surface area contributed by atoms with Gasteiger partial charge in [0, 0.05) is 19.5 Å². The van der Waals surface area contributed by atoms with Gasteiger partial charge in [0.25, 0.3) is 15.9 Å². The van der Waals surface area contributed by atoms with Crippen molar-refractivity contribution < 1.29 is 80.8 Å². The van der Waals surface area contributed by atoms with Gasteiger partial charge in [0.05, 0.1) is 30.3 Å². The highest BCUT2D eigenvalue weighted by Gasteiger charge is 2.59. The number of carboxylic acids is 1. The van der Waals surface area contributed by atoms with Crippen molar-refractivity contribution in [2.75, 3.05) is 18.9 Å². The standard InChI is InChI=1S/C27H37N4O18PS/c1-12-3-5-14(6-4-12)51(43,44)46-10-16(34)20(35)23-19(29-13(2)32)15(33)9-27(48-23,25(38)39)49-50(41,42)45-11-17-21(36)22(37)24(47-17)31-8-7-18(28)30-26(31)40/h3-8,15-17,19-24,33-37H,9-11H2,1-2H3,(H,29,32)(H,38,39)(H,41,42)(H2,28,30,40)/t15-,16-,17?,19-,20-,21-,22-,23?,24?,27-/m1/s1. The lowest BCUT2D eigenvalue weighted by Gasteiger charge is -2.46. The molecule has 2 aromatic rings. The van der Waals surface area contributed by atoms with Crippen LogP contribution in [-0.2, 0) is 47.0 Å². The van der Waals surface area contributed by atoms with E-state index in [0.29, 0.717) is 0 Å². The Hall–Kier alpha value is -3.42. The molecule has 0 saturated carbocycles. The molecule has 2 saturated heterocycles. The molecule has 0 spiro atoms. The number of amides is 1. The first-order valence-electron chi connectivity index (χ1n) is 14.9. The Morgan fingerprint density at radius 3 is 2.41 bits per heavy atom. The van der Waals surface area contributed by atoms with E-state index in [1.165, 1.54) is 30.3 Å². The summed E-state index contributed by atoms with van der Waals surface area (Å²) in [6.07, 6.45) is -15.6. The number of anilines is 1. The maximum absolute atomic E-state index is 13.1. The van der Waals surface area contributed by atoms with Gasteiger partial charge in [0.15, 0.2) is 6.23 Å². The number of aryl methyl sites for hydroxylation is 1. The molecule has 4 rings (SSSR count). The van der Waals surface area contributed by atoms with E-state index in [-0.39, 0.29) is 10.7 Å². The number of ether oxygens (including phenoxy) is 2. The summed E-state index contributed by atoms with van der Waals surface area (Å²) in [4.78, 5) is 50.3. The number of benzene rings is 1. The first kappa shape index (κ1) is 40.4. The average molecular weight is 769 g/mol. The van der Waals surface area contributed by atoms with Crippen LogP contribution in [0, 0.1) is 6.92 Å². The Balaban J connectivity index is 1.50. The van der Waals surface area contributed by atoms with E-state index in [0.717, 1.165) is 23.3 Å². The van der Waals surface area contributed by atoms with Gasteiger partial charge < -0.3 is 56.1 Å². The van der Waals surface area contributed by atoms with Crippen LogP contribution in [-0.4, -0.2) is 133 Å².